The van der Waals surface area contributed by atoms with Gasteiger partial charge in [0.25, 0.3) is 0 Å². The van der Waals surface area contributed by atoms with Gasteiger partial charge in [-0.25, -0.2) is 0 Å². The highest BCUT2D eigenvalue weighted by Crippen LogP contribution is 2.46. The predicted molar refractivity (Wildman–Crippen MR) is 104 cm³/mol. The molecule has 0 spiro atoms. The fraction of sp³-hybridized carbons (Fsp3) is 0.667. The summed E-state index contributed by atoms with van der Waals surface area (Å²) in [4.78, 5) is 13.5. The van der Waals surface area contributed by atoms with Crippen molar-refractivity contribution in [3.8, 4) is 0 Å². The quantitative estimate of drug-likeness (QED) is 0.784. The number of hydrogen-bond donors (Lipinski definition) is 1. The molecule has 1 saturated carbocycles. The zero-order valence-corrected chi connectivity index (χ0v) is 17.4. The molecule has 146 valence electrons. The van der Waals surface area contributed by atoms with Crippen molar-refractivity contribution in [1.82, 2.24) is 0 Å². The average molecular weight is 381 g/mol. The van der Waals surface area contributed by atoms with Gasteiger partial charge in [-0.1, -0.05) is 51.3 Å². The molecule has 1 aliphatic rings. The molecule has 1 unspecified atom stereocenters. The molecule has 0 aliphatic heterocycles. The minimum absolute atomic E-state index is 0.271. The molecule has 0 heterocycles. The van der Waals surface area contributed by atoms with Gasteiger partial charge in [-0.3, -0.25) is 9.00 Å². The number of carbonyl (C=O) groups excluding carboxylic acids is 1. The summed E-state index contributed by atoms with van der Waals surface area (Å²) in [7, 11) is -1.38. The third-order valence-corrected chi connectivity index (χ3v) is 7.15. The monoisotopic (exact) mass is 380 g/mol. The second-order valence-electron chi connectivity index (χ2n) is 8.39. The molecule has 1 aromatic carbocycles. The van der Waals surface area contributed by atoms with Crippen LogP contribution in [0, 0.1) is 18.3 Å². The number of aryl methyl sites for hydroxylation is 1. The van der Waals surface area contributed by atoms with Crippen LogP contribution in [-0.2, 0) is 20.3 Å². The van der Waals surface area contributed by atoms with E-state index in [1.807, 2.05) is 52.0 Å². The van der Waals surface area contributed by atoms with Gasteiger partial charge in [-0.15, -0.1) is 0 Å². The summed E-state index contributed by atoms with van der Waals surface area (Å²) in [5.74, 6) is -1.11. The Morgan fingerprint density at radius 2 is 1.92 bits per heavy atom. The predicted octanol–water partition coefficient (Wildman–Crippen LogP) is 4.00. The smallest absolute Gasteiger partial charge is 0.312 e. The standard InChI is InChI=1S/C21H32O4S/c1-6-25-19(22)18(20(3,4)5)21(23)14-8-7-9-17(21)26(24)16-12-10-15(2)11-13-16/h10-13,17-18,23H,6-9,14H2,1-5H3/t17-,18-,21+,26?/m0/s1. The van der Waals surface area contributed by atoms with Crippen LogP contribution in [0.4, 0.5) is 0 Å². The average Bonchev–Trinajstić information content (AvgIpc) is 2.54. The number of rotatable bonds is 5. The molecule has 1 N–H and O–H groups in total. The molecule has 2 rings (SSSR count). The molecule has 4 nitrogen and oxygen atoms in total. The van der Waals surface area contributed by atoms with E-state index < -0.39 is 39.0 Å². The lowest BCUT2D eigenvalue weighted by Gasteiger charge is -2.48. The molecule has 1 aliphatic carbocycles. The maximum atomic E-state index is 13.3. The van der Waals surface area contributed by atoms with Crippen LogP contribution in [0.15, 0.2) is 29.2 Å². The molecular weight excluding hydrogens is 348 g/mol. The van der Waals surface area contributed by atoms with Crippen molar-refractivity contribution >= 4 is 16.8 Å². The van der Waals surface area contributed by atoms with Gasteiger partial charge in [-0.05, 0) is 44.2 Å². The second kappa shape index (κ2) is 8.22. The second-order valence-corrected chi connectivity index (χ2v) is 10.0. The Balaban J connectivity index is 2.44. The summed E-state index contributed by atoms with van der Waals surface area (Å²) in [5.41, 5.74) is -0.726. The highest BCUT2D eigenvalue weighted by atomic mass is 32.2. The Hall–Kier alpha value is -1.20. The Morgan fingerprint density at radius 3 is 2.46 bits per heavy atom. The zero-order chi connectivity index (χ0) is 19.5. The number of ether oxygens (including phenoxy) is 1. The summed E-state index contributed by atoms with van der Waals surface area (Å²) >= 11 is 0. The van der Waals surface area contributed by atoms with E-state index in [1.54, 1.807) is 6.92 Å². The van der Waals surface area contributed by atoms with Crippen LogP contribution in [0.1, 0.15) is 58.9 Å². The SMILES string of the molecule is CCOC(=O)[C@@H](C(C)(C)C)[C@@]1(O)CCCC[C@@H]1S(=O)c1ccc(C)cc1. The molecule has 0 amide bonds. The maximum absolute atomic E-state index is 13.3. The minimum atomic E-state index is -1.38. The van der Waals surface area contributed by atoms with Crippen molar-refractivity contribution < 1.29 is 18.8 Å². The van der Waals surface area contributed by atoms with E-state index in [0.29, 0.717) is 17.7 Å². The van der Waals surface area contributed by atoms with Gasteiger partial charge >= 0.3 is 5.97 Å². The fourth-order valence-corrected chi connectivity index (χ4v) is 5.88. The molecule has 0 radical (unpaired) electrons. The summed E-state index contributed by atoms with van der Waals surface area (Å²) in [6.45, 7) is 9.84. The van der Waals surface area contributed by atoms with Crippen molar-refractivity contribution in [2.75, 3.05) is 6.61 Å². The van der Waals surface area contributed by atoms with E-state index in [9.17, 15) is 14.1 Å². The van der Waals surface area contributed by atoms with Crippen LogP contribution in [0.25, 0.3) is 0 Å². The molecule has 0 saturated heterocycles. The van der Waals surface area contributed by atoms with Crippen molar-refractivity contribution in [3.05, 3.63) is 29.8 Å². The van der Waals surface area contributed by atoms with E-state index >= 15 is 0 Å². The van der Waals surface area contributed by atoms with Crippen LogP contribution in [0.5, 0.6) is 0 Å². The summed E-state index contributed by atoms with van der Waals surface area (Å²) in [6, 6.07) is 7.58. The first-order chi connectivity index (χ1) is 12.1. The van der Waals surface area contributed by atoms with Gasteiger partial charge in [0.05, 0.1) is 34.2 Å². The Morgan fingerprint density at radius 1 is 1.31 bits per heavy atom. The van der Waals surface area contributed by atoms with E-state index in [4.69, 9.17) is 4.74 Å². The van der Waals surface area contributed by atoms with Crippen LogP contribution in [0.3, 0.4) is 0 Å². The van der Waals surface area contributed by atoms with E-state index in [-0.39, 0.29) is 6.61 Å². The lowest BCUT2D eigenvalue weighted by Crippen LogP contribution is -2.59. The van der Waals surface area contributed by atoms with Gasteiger partial charge in [-0.2, -0.15) is 0 Å². The van der Waals surface area contributed by atoms with Crippen molar-refractivity contribution in [3.63, 3.8) is 0 Å². The minimum Gasteiger partial charge on any atom is -0.466 e. The number of carbonyl (C=O) groups is 1. The van der Waals surface area contributed by atoms with Crippen molar-refractivity contribution in [2.45, 2.75) is 76.0 Å². The fourth-order valence-electron chi connectivity index (χ4n) is 4.14. The molecule has 4 atom stereocenters. The van der Waals surface area contributed by atoms with Gasteiger partial charge < -0.3 is 9.84 Å². The third-order valence-electron chi connectivity index (χ3n) is 5.25. The van der Waals surface area contributed by atoms with Gasteiger partial charge in [0.1, 0.15) is 0 Å². The molecule has 0 bridgehead atoms. The number of esters is 1. The van der Waals surface area contributed by atoms with Gasteiger partial charge in [0.15, 0.2) is 0 Å². The van der Waals surface area contributed by atoms with Crippen LogP contribution in [-0.4, -0.2) is 32.7 Å². The third kappa shape index (κ3) is 4.37. The largest absolute Gasteiger partial charge is 0.466 e. The summed E-state index contributed by atoms with van der Waals surface area (Å²) < 4.78 is 18.6. The first-order valence-electron chi connectivity index (χ1n) is 9.47. The highest BCUT2D eigenvalue weighted by Gasteiger charge is 2.55. The van der Waals surface area contributed by atoms with E-state index in [0.717, 1.165) is 18.4 Å². The Bertz CT molecular complexity index is 647. The molecule has 1 aromatic rings. The first-order valence-corrected chi connectivity index (χ1v) is 10.7. The number of aliphatic hydroxyl groups is 1. The van der Waals surface area contributed by atoms with E-state index in [2.05, 4.69) is 0 Å². The van der Waals surface area contributed by atoms with Gasteiger partial charge in [0, 0.05) is 4.90 Å². The van der Waals surface area contributed by atoms with Crippen LogP contribution < -0.4 is 0 Å². The Kier molecular flexibility index (Phi) is 6.67. The maximum Gasteiger partial charge on any atom is 0.312 e. The highest BCUT2D eigenvalue weighted by molar-refractivity contribution is 7.85. The molecular formula is C21H32O4S. The Labute approximate surface area is 159 Å². The summed E-state index contributed by atoms with van der Waals surface area (Å²) in [5, 5.41) is 11.2. The van der Waals surface area contributed by atoms with Crippen LogP contribution >= 0.6 is 0 Å². The lowest BCUT2D eigenvalue weighted by molar-refractivity contribution is -0.170. The molecule has 5 heteroatoms. The van der Waals surface area contributed by atoms with Crippen LogP contribution in [0.2, 0.25) is 0 Å². The summed E-state index contributed by atoms with van der Waals surface area (Å²) in [6.07, 6.45) is 2.84. The number of benzene rings is 1. The topological polar surface area (TPSA) is 63.6 Å². The molecule has 0 aromatic heterocycles. The normalized spacial score (nSPS) is 26.2. The van der Waals surface area contributed by atoms with Crippen molar-refractivity contribution in [1.29, 1.82) is 0 Å². The number of hydrogen-bond acceptors (Lipinski definition) is 4. The molecule has 1 fully saturated rings. The first kappa shape index (κ1) is 21.1. The van der Waals surface area contributed by atoms with Gasteiger partial charge in [0.2, 0.25) is 0 Å². The molecule has 26 heavy (non-hydrogen) atoms. The van der Waals surface area contributed by atoms with E-state index in [1.165, 1.54) is 0 Å². The van der Waals surface area contributed by atoms with Crippen molar-refractivity contribution in [2.24, 2.45) is 11.3 Å². The lowest BCUT2D eigenvalue weighted by atomic mass is 9.65. The zero-order valence-electron chi connectivity index (χ0n) is 16.6.